The molecule has 1 aromatic heterocycles. The first-order valence-electron chi connectivity index (χ1n) is 9.55. The van der Waals surface area contributed by atoms with Crippen LogP contribution in [0.1, 0.15) is 39.2 Å². The van der Waals surface area contributed by atoms with Gasteiger partial charge in [-0.1, -0.05) is 25.4 Å². The molecule has 1 aliphatic rings. The Kier molecular flexibility index (Phi) is 7.95. The fraction of sp³-hybridized carbons (Fsp3) is 0.684. The maximum atomic E-state index is 12.7. The van der Waals surface area contributed by atoms with Crippen molar-refractivity contribution < 1.29 is 18.0 Å². The van der Waals surface area contributed by atoms with Crippen molar-refractivity contribution in [3.05, 3.63) is 22.8 Å². The standard InChI is InChI=1S/C19H28ClF3N4O/c1-13(2)4-5-14(3)25-17(28)12-26-6-8-27(9-7-26)18-16(20)10-15(11-24-18)19(21,22)23/h10-11,13-14H,4-9,12H2,1-3H3,(H,25,28)/t14-/m0/s1. The highest BCUT2D eigenvalue weighted by atomic mass is 35.5. The van der Waals surface area contributed by atoms with Crippen LogP contribution in [0, 0.1) is 5.92 Å². The van der Waals surface area contributed by atoms with Crippen molar-refractivity contribution in [3.8, 4) is 0 Å². The number of aromatic nitrogens is 1. The lowest BCUT2D eigenvalue weighted by molar-refractivity contribution is -0.137. The topological polar surface area (TPSA) is 48.5 Å². The normalized spacial score (nSPS) is 17.1. The molecule has 2 heterocycles. The summed E-state index contributed by atoms with van der Waals surface area (Å²) >= 11 is 6.02. The van der Waals surface area contributed by atoms with E-state index in [1.165, 1.54) is 0 Å². The first kappa shape index (κ1) is 22.7. The SMILES string of the molecule is CC(C)CC[C@H](C)NC(=O)CN1CCN(c2ncc(C(F)(F)F)cc2Cl)CC1. The van der Waals surface area contributed by atoms with Crippen LogP contribution in [0.2, 0.25) is 5.02 Å². The minimum absolute atomic E-state index is 0.00427. The van der Waals surface area contributed by atoms with E-state index >= 15 is 0 Å². The molecule has 1 aliphatic heterocycles. The van der Waals surface area contributed by atoms with Crippen LogP contribution in [0.4, 0.5) is 19.0 Å². The van der Waals surface area contributed by atoms with Gasteiger partial charge in [-0.05, 0) is 31.7 Å². The van der Waals surface area contributed by atoms with Crippen LogP contribution in [0.15, 0.2) is 12.3 Å². The lowest BCUT2D eigenvalue weighted by Crippen LogP contribution is -2.50. The summed E-state index contributed by atoms with van der Waals surface area (Å²) in [5.74, 6) is 0.953. The number of carbonyl (C=O) groups excluding carboxylic acids is 1. The van der Waals surface area contributed by atoms with E-state index in [0.717, 1.165) is 25.1 Å². The van der Waals surface area contributed by atoms with Crippen LogP contribution in [0.3, 0.4) is 0 Å². The van der Waals surface area contributed by atoms with Gasteiger partial charge in [0.05, 0.1) is 17.1 Å². The lowest BCUT2D eigenvalue weighted by atomic mass is 10.0. The van der Waals surface area contributed by atoms with Gasteiger partial charge < -0.3 is 10.2 Å². The maximum Gasteiger partial charge on any atom is 0.417 e. The smallest absolute Gasteiger partial charge is 0.353 e. The minimum atomic E-state index is -4.46. The number of nitrogens with zero attached hydrogens (tertiary/aromatic N) is 3. The Labute approximate surface area is 169 Å². The van der Waals surface area contributed by atoms with Crippen LogP contribution in [0.25, 0.3) is 0 Å². The zero-order valence-electron chi connectivity index (χ0n) is 16.5. The molecule has 0 bridgehead atoms. The molecule has 28 heavy (non-hydrogen) atoms. The Morgan fingerprint density at radius 2 is 1.86 bits per heavy atom. The molecule has 5 nitrogen and oxygen atoms in total. The van der Waals surface area contributed by atoms with Crippen molar-refractivity contribution in [2.75, 3.05) is 37.6 Å². The Morgan fingerprint density at radius 3 is 2.39 bits per heavy atom. The van der Waals surface area contributed by atoms with Crippen LogP contribution < -0.4 is 10.2 Å². The molecule has 0 unspecified atom stereocenters. The second kappa shape index (κ2) is 9.78. The minimum Gasteiger partial charge on any atom is -0.353 e. The van der Waals surface area contributed by atoms with Crippen molar-refractivity contribution in [2.45, 2.75) is 45.8 Å². The second-order valence-electron chi connectivity index (χ2n) is 7.73. The van der Waals surface area contributed by atoms with Gasteiger partial charge in [0.1, 0.15) is 5.82 Å². The number of alkyl halides is 3. The van der Waals surface area contributed by atoms with E-state index in [4.69, 9.17) is 11.6 Å². The predicted octanol–water partition coefficient (Wildman–Crippen LogP) is 3.82. The zero-order valence-corrected chi connectivity index (χ0v) is 17.3. The molecule has 1 N–H and O–H groups in total. The Morgan fingerprint density at radius 1 is 1.21 bits per heavy atom. The molecule has 0 spiro atoms. The first-order chi connectivity index (χ1) is 13.1. The summed E-state index contributed by atoms with van der Waals surface area (Å²) < 4.78 is 38.2. The van der Waals surface area contributed by atoms with Crippen molar-refractivity contribution in [2.24, 2.45) is 5.92 Å². The summed E-state index contributed by atoms with van der Waals surface area (Å²) in [4.78, 5) is 20.0. The van der Waals surface area contributed by atoms with Crippen LogP contribution in [-0.2, 0) is 11.0 Å². The lowest BCUT2D eigenvalue weighted by Gasteiger charge is -2.35. The number of nitrogens with one attached hydrogen (secondary N) is 1. The van der Waals surface area contributed by atoms with Gasteiger partial charge >= 0.3 is 6.18 Å². The molecule has 0 radical (unpaired) electrons. The third-order valence-corrected chi connectivity index (χ3v) is 5.05. The summed E-state index contributed by atoms with van der Waals surface area (Å²) in [5.41, 5.74) is -0.858. The van der Waals surface area contributed by atoms with Gasteiger partial charge in [0.2, 0.25) is 5.91 Å². The maximum absolute atomic E-state index is 12.7. The number of piperazine rings is 1. The molecule has 0 aliphatic carbocycles. The van der Waals surface area contributed by atoms with E-state index in [1.54, 1.807) is 0 Å². The Hall–Kier alpha value is -1.54. The highest BCUT2D eigenvalue weighted by Gasteiger charge is 2.32. The predicted molar refractivity (Wildman–Crippen MR) is 105 cm³/mol. The number of rotatable bonds is 7. The molecular formula is C19H28ClF3N4O. The van der Waals surface area contributed by atoms with E-state index in [2.05, 4.69) is 24.1 Å². The van der Waals surface area contributed by atoms with Crippen LogP contribution in [-0.4, -0.2) is 54.6 Å². The molecule has 2 rings (SSSR count). The molecule has 0 aromatic carbocycles. The highest BCUT2D eigenvalue weighted by Crippen LogP contribution is 2.33. The molecular weight excluding hydrogens is 393 g/mol. The third-order valence-electron chi connectivity index (χ3n) is 4.77. The van der Waals surface area contributed by atoms with E-state index < -0.39 is 11.7 Å². The van der Waals surface area contributed by atoms with Gasteiger partial charge in [-0.3, -0.25) is 9.69 Å². The number of hydrogen-bond donors (Lipinski definition) is 1. The van der Waals surface area contributed by atoms with Crippen molar-refractivity contribution >= 4 is 23.3 Å². The van der Waals surface area contributed by atoms with Crippen molar-refractivity contribution in [1.82, 2.24) is 15.2 Å². The monoisotopic (exact) mass is 420 g/mol. The summed E-state index contributed by atoms with van der Waals surface area (Å²) in [5, 5.41) is 3.01. The number of amides is 1. The summed E-state index contributed by atoms with van der Waals surface area (Å²) in [6, 6.07) is 1.05. The van der Waals surface area contributed by atoms with Crippen molar-refractivity contribution in [3.63, 3.8) is 0 Å². The molecule has 9 heteroatoms. The molecule has 1 atom stereocenters. The molecule has 1 saturated heterocycles. The van der Waals surface area contributed by atoms with Gasteiger partial charge in [0.15, 0.2) is 0 Å². The quantitative estimate of drug-likeness (QED) is 0.728. The molecule has 0 saturated carbocycles. The zero-order chi connectivity index (χ0) is 20.9. The van der Waals surface area contributed by atoms with Crippen LogP contribution >= 0.6 is 11.6 Å². The van der Waals surface area contributed by atoms with Crippen molar-refractivity contribution in [1.29, 1.82) is 0 Å². The van der Waals surface area contributed by atoms with Gasteiger partial charge in [0.25, 0.3) is 0 Å². The number of halogens is 4. The second-order valence-corrected chi connectivity index (χ2v) is 8.14. The fourth-order valence-corrected chi connectivity index (χ4v) is 3.40. The average molecular weight is 421 g/mol. The van der Waals surface area contributed by atoms with Gasteiger partial charge in [-0.15, -0.1) is 0 Å². The van der Waals surface area contributed by atoms with Gasteiger partial charge in [-0.25, -0.2) is 4.98 Å². The van der Waals surface area contributed by atoms with Gasteiger partial charge in [0, 0.05) is 38.4 Å². The number of hydrogen-bond acceptors (Lipinski definition) is 4. The molecule has 1 aromatic rings. The van der Waals surface area contributed by atoms with Crippen LogP contribution in [0.5, 0.6) is 0 Å². The highest BCUT2D eigenvalue weighted by molar-refractivity contribution is 6.33. The fourth-order valence-electron chi connectivity index (χ4n) is 3.12. The third kappa shape index (κ3) is 6.81. The summed E-state index contributed by atoms with van der Waals surface area (Å²) in [6.07, 6.45) is -1.64. The van der Waals surface area contributed by atoms with Gasteiger partial charge in [-0.2, -0.15) is 13.2 Å². The molecule has 158 valence electrons. The number of pyridine rings is 1. The summed E-state index contributed by atoms with van der Waals surface area (Å²) in [7, 11) is 0. The molecule has 1 amide bonds. The number of carbonyl (C=O) groups is 1. The summed E-state index contributed by atoms with van der Waals surface area (Å²) in [6.45, 7) is 8.98. The molecule has 1 fully saturated rings. The van der Waals surface area contributed by atoms with E-state index in [9.17, 15) is 18.0 Å². The Balaban J connectivity index is 1.82. The van der Waals surface area contributed by atoms with E-state index in [0.29, 0.717) is 44.5 Å². The Bertz CT molecular complexity index is 661. The largest absolute Gasteiger partial charge is 0.417 e. The first-order valence-corrected chi connectivity index (χ1v) is 9.93. The van der Waals surface area contributed by atoms with E-state index in [1.807, 2.05) is 16.7 Å². The average Bonchev–Trinajstić information content (AvgIpc) is 2.60. The number of anilines is 1. The van der Waals surface area contributed by atoms with E-state index in [-0.39, 0.29) is 17.0 Å².